The molecular formula is C17H33N3O. The smallest absolute Gasteiger partial charge is 0.0697 e. The molecule has 2 saturated heterocycles. The maximum Gasteiger partial charge on any atom is 0.0697 e. The van der Waals surface area contributed by atoms with E-state index in [1.54, 1.807) is 0 Å². The molecule has 4 nitrogen and oxygen atoms in total. The Bertz CT molecular complexity index is 324. The van der Waals surface area contributed by atoms with Gasteiger partial charge in [-0.05, 0) is 51.5 Å². The van der Waals surface area contributed by atoms with Crippen LogP contribution in [0.2, 0.25) is 0 Å². The van der Waals surface area contributed by atoms with E-state index in [1.165, 1.54) is 64.7 Å². The van der Waals surface area contributed by atoms with E-state index in [1.807, 2.05) is 0 Å². The summed E-state index contributed by atoms with van der Waals surface area (Å²) in [6.45, 7) is 9.03. The number of nitrogens with zero attached hydrogens (tertiary/aromatic N) is 2. The molecular weight excluding hydrogens is 262 g/mol. The van der Waals surface area contributed by atoms with Gasteiger partial charge in [-0.2, -0.15) is 0 Å². The molecule has 1 saturated carbocycles. The van der Waals surface area contributed by atoms with Crippen molar-refractivity contribution in [1.82, 2.24) is 9.80 Å². The highest BCUT2D eigenvalue weighted by Gasteiger charge is 2.44. The van der Waals surface area contributed by atoms with Gasteiger partial charge in [-0.3, -0.25) is 9.80 Å². The standard InChI is InChI=1S/C17H33N3O/c1-2-15(4-8-18)19-9-11-20(12-10-19)16-5-13-21-17(14-16)6-3-7-17/h15-16H,2-14,18H2,1H3. The van der Waals surface area contributed by atoms with Crippen LogP contribution in [0.4, 0.5) is 0 Å². The van der Waals surface area contributed by atoms with Crippen LogP contribution in [-0.4, -0.2) is 66.8 Å². The minimum absolute atomic E-state index is 0.283. The Morgan fingerprint density at radius 3 is 2.57 bits per heavy atom. The quantitative estimate of drug-likeness (QED) is 0.840. The summed E-state index contributed by atoms with van der Waals surface area (Å²) in [4.78, 5) is 5.41. The van der Waals surface area contributed by atoms with E-state index in [0.29, 0.717) is 6.04 Å². The van der Waals surface area contributed by atoms with Crippen LogP contribution in [0.15, 0.2) is 0 Å². The second-order valence-corrected chi connectivity index (χ2v) is 7.24. The van der Waals surface area contributed by atoms with Crippen molar-refractivity contribution in [2.24, 2.45) is 5.73 Å². The van der Waals surface area contributed by atoms with E-state index < -0.39 is 0 Å². The summed E-state index contributed by atoms with van der Waals surface area (Å²) >= 11 is 0. The zero-order chi connectivity index (χ0) is 14.7. The Kier molecular flexibility index (Phi) is 5.20. The van der Waals surface area contributed by atoms with Gasteiger partial charge in [0.15, 0.2) is 0 Å². The summed E-state index contributed by atoms with van der Waals surface area (Å²) in [6, 6.07) is 1.47. The van der Waals surface area contributed by atoms with Gasteiger partial charge >= 0.3 is 0 Å². The predicted octanol–water partition coefficient (Wildman–Crippen LogP) is 1.83. The second kappa shape index (κ2) is 6.95. The number of nitrogens with two attached hydrogens (primary N) is 1. The Hall–Kier alpha value is -0.160. The van der Waals surface area contributed by atoms with Gasteiger partial charge in [-0.1, -0.05) is 6.92 Å². The Labute approximate surface area is 130 Å². The monoisotopic (exact) mass is 295 g/mol. The van der Waals surface area contributed by atoms with Crippen LogP contribution in [-0.2, 0) is 4.74 Å². The van der Waals surface area contributed by atoms with Crippen LogP contribution >= 0.6 is 0 Å². The Morgan fingerprint density at radius 1 is 1.24 bits per heavy atom. The largest absolute Gasteiger partial charge is 0.375 e. The lowest BCUT2D eigenvalue weighted by Crippen LogP contribution is -2.57. The van der Waals surface area contributed by atoms with Gasteiger partial charge < -0.3 is 10.5 Å². The van der Waals surface area contributed by atoms with Gasteiger partial charge in [0.1, 0.15) is 0 Å². The molecule has 0 aromatic rings. The molecule has 2 unspecified atom stereocenters. The van der Waals surface area contributed by atoms with Crippen LogP contribution < -0.4 is 5.73 Å². The molecule has 0 radical (unpaired) electrons. The molecule has 0 bridgehead atoms. The van der Waals surface area contributed by atoms with Crippen molar-refractivity contribution in [3.8, 4) is 0 Å². The zero-order valence-electron chi connectivity index (χ0n) is 13.7. The number of hydrogen-bond acceptors (Lipinski definition) is 4. The Morgan fingerprint density at radius 2 is 2.00 bits per heavy atom. The minimum atomic E-state index is 0.283. The average molecular weight is 295 g/mol. The minimum Gasteiger partial charge on any atom is -0.375 e. The van der Waals surface area contributed by atoms with Crippen molar-refractivity contribution in [3.63, 3.8) is 0 Å². The van der Waals surface area contributed by atoms with Gasteiger partial charge in [0, 0.05) is 44.9 Å². The summed E-state index contributed by atoms with van der Waals surface area (Å²) in [5.74, 6) is 0. The number of hydrogen-bond donors (Lipinski definition) is 1. The van der Waals surface area contributed by atoms with Gasteiger partial charge in [0.05, 0.1) is 5.60 Å². The van der Waals surface area contributed by atoms with Crippen LogP contribution in [0.25, 0.3) is 0 Å². The first kappa shape index (κ1) is 15.7. The van der Waals surface area contributed by atoms with Gasteiger partial charge in [0.2, 0.25) is 0 Å². The van der Waals surface area contributed by atoms with Crippen molar-refractivity contribution in [2.45, 2.75) is 69.6 Å². The van der Waals surface area contributed by atoms with Crippen molar-refractivity contribution < 1.29 is 4.74 Å². The second-order valence-electron chi connectivity index (χ2n) is 7.24. The van der Waals surface area contributed by atoms with Crippen LogP contribution in [0.5, 0.6) is 0 Å². The third-order valence-electron chi connectivity index (χ3n) is 6.08. The third kappa shape index (κ3) is 3.44. The fourth-order valence-electron chi connectivity index (χ4n) is 4.54. The molecule has 0 amide bonds. The highest BCUT2D eigenvalue weighted by Crippen LogP contribution is 2.43. The maximum atomic E-state index is 6.08. The van der Waals surface area contributed by atoms with Gasteiger partial charge in [0.25, 0.3) is 0 Å². The highest BCUT2D eigenvalue weighted by atomic mass is 16.5. The van der Waals surface area contributed by atoms with E-state index in [2.05, 4.69) is 16.7 Å². The Balaban J connectivity index is 1.49. The maximum absolute atomic E-state index is 6.08. The van der Waals surface area contributed by atoms with E-state index in [0.717, 1.165) is 25.6 Å². The molecule has 2 atom stereocenters. The molecule has 3 fully saturated rings. The normalized spacial score (nSPS) is 32.0. The molecule has 1 spiro atoms. The summed E-state index contributed by atoms with van der Waals surface area (Å²) in [5.41, 5.74) is 6.04. The van der Waals surface area contributed by atoms with E-state index in [-0.39, 0.29) is 5.60 Å². The first-order chi connectivity index (χ1) is 10.3. The fourth-order valence-corrected chi connectivity index (χ4v) is 4.54. The van der Waals surface area contributed by atoms with Crippen LogP contribution in [0.1, 0.15) is 51.9 Å². The molecule has 1 aliphatic carbocycles. The molecule has 4 heteroatoms. The molecule has 122 valence electrons. The van der Waals surface area contributed by atoms with E-state index in [4.69, 9.17) is 10.5 Å². The molecule has 2 heterocycles. The molecule has 21 heavy (non-hydrogen) atoms. The summed E-state index contributed by atoms with van der Waals surface area (Å²) in [5, 5.41) is 0. The highest BCUT2D eigenvalue weighted by molar-refractivity contribution is 4.97. The van der Waals surface area contributed by atoms with Crippen molar-refractivity contribution in [2.75, 3.05) is 39.3 Å². The van der Waals surface area contributed by atoms with Crippen LogP contribution in [0.3, 0.4) is 0 Å². The number of ether oxygens (including phenoxy) is 1. The van der Waals surface area contributed by atoms with Crippen LogP contribution in [0, 0.1) is 0 Å². The summed E-state index contributed by atoms with van der Waals surface area (Å²) < 4.78 is 6.08. The third-order valence-corrected chi connectivity index (χ3v) is 6.08. The van der Waals surface area contributed by atoms with Crippen molar-refractivity contribution in [3.05, 3.63) is 0 Å². The lowest BCUT2D eigenvalue weighted by molar-refractivity contribution is -0.151. The lowest BCUT2D eigenvalue weighted by atomic mass is 9.73. The fraction of sp³-hybridized carbons (Fsp3) is 1.00. The molecule has 2 N–H and O–H groups in total. The lowest BCUT2D eigenvalue weighted by Gasteiger charge is -2.51. The van der Waals surface area contributed by atoms with Gasteiger partial charge in [-0.15, -0.1) is 0 Å². The topological polar surface area (TPSA) is 41.7 Å². The van der Waals surface area contributed by atoms with Crippen molar-refractivity contribution in [1.29, 1.82) is 0 Å². The average Bonchev–Trinajstić information content (AvgIpc) is 2.51. The number of rotatable bonds is 5. The van der Waals surface area contributed by atoms with Gasteiger partial charge in [-0.25, -0.2) is 0 Å². The first-order valence-electron chi connectivity index (χ1n) is 9.08. The first-order valence-corrected chi connectivity index (χ1v) is 9.08. The summed E-state index contributed by atoms with van der Waals surface area (Å²) in [6.07, 6.45) is 8.89. The molecule has 0 aromatic carbocycles. The van der Waals surface area contributed by atoms with E-state index >= 15 is 0 Å². The molecule has 2 aliphatic heterocycles. The zero-order valence-corrected chi connectivity index (χ0v) is 13.7. The molecule has 0 aromatic heterocycles. The molecule has 3 aliphatic rings. The van der Waals surface area contributed by atoms with Crippen molar-refractivity contribution >= 4 is 0 Å². The number of piperazine rings is 1. The predicted molar refractivity (Wildman–Crippen MR) is 86.5 cm³/mol. The SMILES string of the molecule is CCC(CCN)N1CCN(C2CCOC3(CCC3)C2)CC1. The van der Waals surface area contributed by atoms with E-state index in [9.17, 15) is 0 Å². The summed E-state index contributed by atoms with van der Waals surface area (Å²) in [7, 11) is 0. The molecule has 3 rings (SSSR count).